The van der Waals surface area contributed by atoms with Crippen molar-refractivity contribution in [2.24, 2.45) is 0 Å². The number of anilines is 1. The molecule has 0 saturated carbocycles. The van der Waals surface area contributed by atoms with Crippen molar-refractivity contribution in [3.8, 4) is 11.3 Å². The van der Waals surface area contributed by atoms with E-state index in [1.54, 1.807) is 0 Å². The van der Waals surface area contributed by atoms with Gasteiger partial charge in [-0.3, -0.25) is 14.0 Å². The maximum atomic E-state index is 13.1. The van der Waals surface area contributed by atoms with Gasteiger partial charge >= 0.3 is 0 Å². The lowest BCUT2D eigenvalue weighted by atomic mass is 10.1. The van der Waals surface area contributed by atoms with Crippen LogP contribution in [0.5, 0.6) is 0 Å². The summed E-state index contributed by atoms with van der Waals surface area (Å²) in [6, 6.07) is 27.6. The van der Waals surface area contributed by atoms with Crippen molar-refractivity contribution >= 4 is 17.4 Å². The van der Waals surface area contributed by atoms with E-state index < -0.39 is 5.91 Å². The van der Waals surface area contributed by atoms with Crippen molar-refractivity contribution in [3.63, 3.8) is 0 Å². The molecule has 7 nitrogen and oxygen atoms in total. The van der Waals surface area contributed by atoms with Gasteiger partial charge in [0.1, 0.15) is 22.9 Å². The highest BCUT2D eigenvalue weighted by Gasteiger charge is 2.18. The Hall–Kier alpha value is -4.52. The van der Waals surface area contributed by atoms with E-state index in [-0.39, 0.29) is 17.8 Å². The van der Waals surface area contributed by atoms with E-state index in [4.69, 9.17) is 0 Å². The van der Waals surface area contributed by atoms with E-state index in [9.17, 15) is 9.59 Å². The molecule has 5 rings (SSSR count). The lowest BCUT2D eigenvalue weighted by molar-refractivity contribution is 0.101. The number of nitrogens with zero attached hydrogens (tertiary/aromatic N) is 4. The highest BCUT2D eigenvalue weighted by molar-refractivity contribution is 6.04. The van der Waals surface area contributed by atoms with Crippen LogP contribution >= 0.6 is 0 Å². The van der Waals surface area contributed by atoms with Crippen molar-refractivity contribution < 1.29 is 4.79 Å². The summed E-state index contributed by atoms with van der Waals surface area (Å²) in [5.41, 5.74) is 3.04. The fraction of sp³-hybridized carbons (Fsp3) is 0.0400. The van der Waals surface area contributed by atoms with E-state index >= 15 is 0 Å². The number of aromatic nitrogens is 4. The molecule has 156 valence electrons. The Bertz CT molecular complexity index is 1460. The Kier molecular flexibility index (Phi) is 5.05. The molecule has 0 aliphatic rings. The number of pyridine rings is 1. The number of carbonyl (C=O) groups excluding carboxylic acids is 1. The quantitative estimate of drug-likeness (QED) is 0.467. The number of rotatable bonds is 5. The first kappa shape index (κ1) is 19.4. The molecule has 1 amide bonds. The van der Waals surface area contributed by atoms with Gasteiger partial charge in [-0.25, -0.2) is 9.67 Å². The van der Waals surface area contributed by atoms with E-state index in [2.05, 4.69) is 15.4 Å². The summed E-state index contributed by atoms with van der Waals surface area (Å²) in [4.78, 5) is 30.1. The van der Waals surface area contributed by atoms with Crippen molar-refractivity contribution in [2.75, 3.05) is 5.32 Å². The Morgan fingerprint density at radius 1 is 0.844 bits per heavy atom. The molecule has 0 spiro atoms. The summed E-state index contributed by atoms with van der Waals surface area (Å²) in [6.07, 6.45) is 1.84. The van der Waals surface area contributed by atoms with Crippen LogP contribution < -0.4 is 10.9 Å². The molecule has 2 aromatic carbocycles. The molecule has 0 unspecified atom stereocenters. The molecule has 32 heavy (non-hydrogen) atoms. The highest BCUT2D eigenvalue weighted by atomic mass is 16.2. The van der Waals surface area contributed by atoms with Gasteiger partial charge in [-0.05, 0) is 23.8 Å². The summed E-state index contributed by atoms with van der Waals surface area (Å²) < 4.78 is 3.11. The molecule has 0 radical (unpaired) electrons. The number of nitrogens with one attached hydrogen (secondary N) is 1. The number of hydrogen-bond acceptors (Lipinski definition) is 4. The molecule has 0 fully saturated rings. The third-order valence-corrected chi connectivity index (χ3v) is 5.08. The lowest BCUT2D eigenvalue weighted by Crippen LogP contribution is -2.26. The highest BCUT2D eigenvalue weighted by Crippen LogP contribution is 2.28. The average molecular weight is 421 g/mol. The van der Waals surface area contributed by atoms with Crippen LogP contribution in [0.2, 0.25) is 0 Å². The Balaban J connectivity index is 1.51. The van der Waals surface area contributed by atoms with Gasteiger partial charge in [0.25, 0.3) is 11.5 Å². The number of benzene rings is 2. The molecular weight excluding hydrogens is 402 g/mol. The molecule has 3 aromatic heterocycles. The van der Waals surface area contributed by atoms with Gasteiger partial charge in [-0.15, -0.1) is 0 Å². The molecule has 0 saturated heterocycles. The number of fused-ring (bicyclic) bond motifs is 1. The molecule has 0 atom stereocenters. The number of amides is 1. The predicted octanol–water partition coefficient (Wildman–Crippen LogP) is 3.86. The van der Waals surface area contributed by atoms with E-state index in [1.165, 1.54) is 16.8 Å². The van der Waals surface area contributed by atoms with Crippen LogP contribution in [0.4, 0.5) is 5.82 Å². The monoisotopic (exact) mass is 421 g/mol. The van der Waals surface area contributed by atoms with Crippen LogP contribution in [0.15, 0.2) is 102 Å². The maximum absolute atomic E-state index is 13.1. The minimum Gasteiger partial charge on any atom is -0.304 e. The molecule has 1 N–H and O–H groups in total. The summed E-state index contributed by atoms with van der Waals surface area (Å²) in [5.74, 6) is 0.119. The molecule has 0 bridgehead atoms. The Labute approximate surface area is 183 Å². The zero-order valence-electron chi connectivity index (χ0n) is 17.1. The van der Waals surface area contributed by atoms with Crippen molar-refractivity contribution in [1.82, 2.24) is 19.2 Å². The summed E-state index contributed by atoms with van der Waals surface area (Å²) in [7, 11) is 0. The van der Waals surface area contributed by atoms with Crippen LogP contribution in [-0.4, -0.2) is 25.1 Å². The van der Waals surface area contributed by atoms with Crippen molar-refractivity contribution in [1.29, 1.82) is 0 Å². The summed E-state index contributed by atoms with van der Waals surface area (Å²) >= 11 is 0. The first-order chi connectivity index (χ1) is 15.7. The first-order valence-electron chi connectivity index (χ1n) is 10.1. The van der Waals surface area contributed by atoms with Gasteiger partial charge < -0.3 is 5.32 Å². The van der Waals surface area contributed by atoms with E-state index in [1.807, 2.05) is 89.5 Å². The molecule has 7 heteroatoms. The van der Waals surface area contributed by atoms with Gasteiger partial charge in [0.05, 0.1) is 6.54 Å². The van der Waals surface area contributed by atoms with E-state index in [0.29, 0.717) is 17.2 Å². The van der Waals surface area contributed by atoms with Gasteiger partial charge in [0.2, 0.25) is 0 Å². The first-order valence-corrected chi connectivity index (χ1v) is 10.1. The average Bonchev–Trinajstić information content (AvgIpc) is 3.20. The van der Waals surface area contributed by atoms with Gasteiger partial charge in [0, 0.05) is 17.8 Å². The summed E-state index contributed by atoms with van der Waals surface area (Å²) in [5, 5.41) is 7.24. The van der Waals surface area contributed by atoms with Crippen molar-refractivity contribution in [2.45, 2.75) is 6.54 Å². The van der Waals surface area contributed by atoms with Crippen molar-refractivity contribution in [3.05, 3.63) is 119 Å². The second-order valence-corrected chi connectivity index (χ2v) is 7.26. The van der Waals surface area contributed by atoms with Crippen LogP contribution in [-0.2, 0) is 6.54 Å². The normalized spacial score (nSPS) is 10.9. The second-order valence-electron chi connectivity index (χ2n) is 7.26. The number of hydrogen-bond donors (Lipinski definition) is 1. The molecule has 0 aliphatic carbocycles. The largest absolute Gasteiger partial charge is 0.304 e. The minimum atomic E-state index is -0.422. The third kappa shape index (κ3) is 3.79. The van der Waals surface area contributed by atoms with Crippen LogP contribution in [0, 0.1) is 0 Å². The third-order valence-electron chi connectivity index (χ3n) is 5.08. The van der Waals surface area contributed by atoms with Gasteiger partial charge in [0.15, 0.2) is 0 Å². The smallest absolute Gasteiger partial charge is 0.277 e. The van der Waals surface area contributed by atoms with Gasteiger partial charge in [-0.2, -0.15) is 5.10 Å². The zero-order valence-corrected chi connectivity index (χ0v) is 17.1. The SMILES string of the molecule is O=C(Nc1c(-c2ccccc2)nc2ccccn12)c1ccc(=O)n(Cc2ccccc2)n1. The molecular formula is C25H19N5O2. The zero-order chi connectivity index (χ0) is 21.9. The molecule has 3 heterocycles. The fourth-order valence-corrected chi connectivity index (χ4v) is 3.52. The maximum Gasteiger partial charge on any atom is 0.277 e. The Morgan fingerprint density at radius 2 is 1.56 bits per heavy atom. The van der Waals surface area contributed by atoms with Crippen LogP contribution in [0.3, 0.4) is 0 Å². The fourth-order valence-electron chi connectivity index (χ4n) is 3.52. The van der Waals surface area contributed by atoms with Crippen LogP contribution in [0.25, 0.3) is 16.9 Å². The van der Waals surface area contributed by atoms with E-state index in [0.717, 1.165) is 11.1 Å². The standard InChI is InChI=1S/C25H19N5O2/c31-22-15-14-20(28-30(22)17-18-9-3-1-4-10-18)25(32)27-24-23(19-11-5-2-6-12-19)26-21-13-7-8-16-29(21)24/h1-16H,17H2,(H,27,32). The van der Waals surface area contributed by atoms with Gasteiger partial charge in [-0.1, -0.05) is 66.7 Å². The minimum absolute atomic E-state index is 0.144. The lowest BCUT2D eigenvalue weighted by Gasteiger charge is -2.09. The molecule has 5 aromatic rings. The number of imidazole rings is 1. The second kappa shape index (κ2) is 8.31. The Morgan fingerprint density at radius 3 is 2.34 bits per heavy atom. The topological polar surface area (TPSA) is 81.3 Å². The summed E-state index contributed by atoms with van der Waals surface area (Å²) in [6.45, 7) is 0.283. The number of carbonyl (C=O) groups is 1. The predicted molar refractivity (Wildman–Crippen MR) is 123 cm³/mol. The molecule has 0 aliphatic heterocycles. The van der Waals surface area contributed by atoms with Crippen LogP contribution in [0.1, 0.15) is 16.1 Å².